The summed E-state index contributed by atoms with van der Waals surface area (Å²) >= 11 is 0. The number of ether oxygens (including phenoxy) is 1. The number of fused-ring (bicyclic) bond motifs is 1. The molecule has 0 bridgehead atoms. The molecule has 1 aliphatic rings. The molecule has 2 N–H and O–H groups in total. The van der Waals surface area contributed by atoms with Crippen molar-refractivity contribution >= 4 is 10.9 Å². The summed E-state index contributed by atoms with van der Waals surface area (Å²) in [6.45, 7) is 4.19. The summed E-state index contributed by atoms with van der Waals surface area (Å²) in [5.74, 6) is 0. The minimum Gasteiger partial charge on any atom is -0.379 e. The van der Waals surface area contributed by atoms with Gasteiger partial charge in [0.2, 0.25) is 0 Å². The number of hydrogen-bond donors (Lipinski definition) is 1. The monoisotopic (exact) mass is 259 g/mol. The Hall–Kier alpha value is -1.36. The van der Waals surface area contributed by atoms with E-state index in [9.17, 15) is 0 Å². The van der Waals surface area contributed by atoms with Gasteiger partial charge in [-0.2, -0.15) is 0 Å². The van der Waals surface area contributed by atoms with Crippen molar-refractivity contribution in [1.82, 2.24) is 9.47 Å². The van der Waals surface area contributed by atoms with Gasteiger partial charge in [0, 0.05) is 49.8 Å². The third-order valence-electron chi connectivity index (χ3n) is 4.00. The first-order valence-corrected chi connectivity index (χ1v) is 6.87. The number of morpholine rings is 1. The average Bonchev–Trinajstić information content (AvgIpc) is 2.79. The third-order valence-corrected chi connectivity index (χ3v) is 4.00. The van der Waals surface area contributed by atoms with E-state index in [1.54, 1.807) is 0 Å². The standard InChI is InChI=1S/C15H21N3O/c1-17-11-13(12-4-2-3-5-14(12)17)15(10-16)18-6-8-19-9-7-18/h2-5,11,15H,6-10,16H2,1H3. The summed E-state index contributed by atoms with van der Waals surface area (Å²) in [5, 5.41) is 1.31. The molecular formula is C15H21N3O. The van der Waals surface area contributed by atoms with Gasteiger partial charge in [0.15, 0.2) is 0 Å². The van der Waals surface area contributed by atoms with Gasteiger partial charge < -0.3 is 15.0 Å². The number of benzene rings is 1. The maximum absolute atomic E-state index is 6.04. The normalized spacial score (nSPS) is 18.8. The van der Waals surface area contributed by atoms with E-state index in [-0.39, 0.29) is 6.04 Å². The van der Waals surface area contributed by atoms with Crippen LogP contribution in [0.3, 0.4) is 0 Å². The van der Waals surface area contributed by atoms with E-state index in [4.69, 9.17) is 10.5 Å². The first-order valence-electron chi connectivity index (χ1n) is 6.87. The Balaban J connectivity index is 2.01. The maximum Gasteiger partial charge on any atom is 0.0594 e. The zero-order valence-electron chi connectivity index (χ0n) is 11.4. The van der Waals surface area contributed by atoms with Gasteiger partial charge in [-0.1, -0.05) is 18.2 Å². The molecule has 4 nitrogen and oxygen atoms in total. The Morgan fingerprint density at radius 2 is 2.00 bits per heavy atom. The molecule has 1 unspecified atom stereocenters. The smallest absolute Gasteiger partial charge is 0.0594 e. The molecule has 1 aliphatic heterocycles. The summed E-state index contributed by atoms with van der Waals surface area (Å²) in [6, 6.07) is 8.81. The Labute approximate surface area is 113 Å². The van der Waals surface area contributed by atoms with Crippen molar-refractivity contribution in [2.75, 3.05) is 32.8 Å². The highest BCUT2D eigenvalue weighted by Gasteiger charge is 2.24. The first kappa shape index (κ1) is 12.7. The molecule has 19 heavy (non-hydrogen) atoms. The average molecular weight is 259 g/mol. The predicted molar refractivity (Wildman–Crippen MR) is 77.1 cm³/mol. The van der Waals surface area contributed by atoms with E-state index in [0.717, 1.165) is 26.3 Å². The van der Waals surface area contributed by atoms with E-state index < -0.39 is 0 Å². The lowest BCUT2D eigenvalue weighted by atomic mass is 10.0. The molecule has 3 rings (SSSR count). The van der Waals surface area contributed by atoms with Crippen LogP contribution in [0, 0.1) is 0 Å². The maximum atomic E-state index is 6.04. The lowest BCUT2D eigenvalue weighted by molar-refractivity contribution is 0.0181. The van der Waals surface area contributed by atoms with Crippen molar-refractivity contribution in [3.8, 4) is 0 Å². The van der Waals surface area contributed by atoms with Crippen LogP contribution >= 0.6 is 0 Å². The Morgan fingerprint density at radius 1 is 1.26 bits per heavy atom. The lowest BCUT2D eigenvalue weighted by Gasteiger charge is -2.33. The van der Waals surface area contributed by atoms with Crippen molar-refractivity contribution < 1.29 is 4.74 Å². The van der Waals surface area contributed by atoms with Crippen LogP contribution in [0.2, 0.25) is 0 Å². The SMILES string of the molecule is Cn1cc(C(CN)N2CCOCC2)c2ccccc21. The summed E-state index contributed by atoms with van der Waals surface area (Å²) < 4.78 is 7.62. The molecule has 0 radical (unpaired) electrons. The van der Waals surface area contributed by atoms with E-state index in [1.165, 1.54) is 16.5 Å². The van der Waals surface area contributed by atoms with E-state index in [1.807, 2.05) is 0 Å². The molecule has 1 aromatic heterocycles. The van der Waals surface area contributed by atoms with Crippen LogP contribution in [-0.4, -0.2) is 42.3 Å². The van der Waals surface area contributed by atoms with Gasteiger partial charge in [-0.25, -0.2) is 0 Å². The second kappa shape index (κ2) is 5.33. The zero-order chi connectivity index (χ0) is 13.2. The van der Waals surface area contributed by atoms with Crippen LogP contribution in [-0.2, 0) is 11.8 Å². The van der Waals surface area contributed by atoms with Gasteiger partial charge in [-0.15, -0.1) is 0 Å². The Morgan fingerprint density at radius 3 is 2.74 bits per heavy atom. The van der Waals surface area contributed by atoms with Crippen molar-refractivity contribution in [3.63, 3.8) is 0 Å². The molecule has 0 amide bonds. The number of hydrogen-bond acceptors (Lipinski definition) is 3. The van der Waals surface area contributed by atoms with Gasteiger partial charge in [0.1, 0.15) is 0 Å². The van der Waals surface area contributed by atoms with E-state index in [2.05, 4.69) is 47.0 Å². The fraction of sp³-hybridized carbons (Fsp3) is 0.467. The van der Waals surface area contributed by atoms with Gasteiger partial charge in [0.05, 0.1) is 13.2 Å². The van der Waals surface area contributed by atoms with Gasteiger partial charge >= 0.3 is 0 Å². The third kappa shape index (κ3) is 2.27. The quantitative estimate of drug-likeness (QED) is 0.908. The van der Waals surface area contributed by atoms with Crippen LogP contribution in [0.15, 0.2) is 30.5 Å². The topological polar surface area (TPSA) is 43.4 Å². The highest BCUT2D eigenvalue weighted by molar-refractivity contribution is 5.84. The van der Waals surface area contributed by atoms with Crippen LogP contribution < -0.4 is 5.73 Å². The van der Waals surface area contributed by atoms with Gasteiger partial charge in [0.25, 0.3) is 0 Å². The molecular weight excluding hydrogens is 238 g/mol. The Kier molecular flexibility index (Phi) is 3.55. The highest BCUT2D eigenvalue weighted by Crippen LogP contribution is 2.29. The summed E-state index contributed by atoms with van der Waals surface area (Å²) in [4.78, 5) is 2.44. The number of aryl methyl sites for hydroxylation is 1. The zero-order valence-corrected chi connectivity index (χ0v) is 11.4. The molecule has 1 saturated heterocycles. The summed E-state index contributed by atoms with van der Waals surface area (Å²) in [7, 11) is 2.10. The molecule has 102 valence electrons. The molecule has 2 aromatic rings. The molecule has 0 saturated carbocycles. The fourth-order valence-electron chi connectivity index (χ4n) is 3.00. The summed E-state index contributed by atoms with van der Waals surface area (Å²) in [5.41, 5.74) is 8.65. The van der Waals surface area contributed by atoms with E-state index >= 15 is 0 Å². The van der Waals surface area contributed by atoms with Crippen molar-refractivity contribution in [1.29, 1.82) is 0 Å². The molecule has 1 aromatic carbocycles. The largest absolute Gasteiger partial charge is 0.379 e. The van der Waals surface area contributed by atoms with Crippen LogP contribution in [0.25, 0.3) is 10.9 Å². The van der Waals surface area contributed by atoms with Gasteiger partial charge in [-0.3, -0.25) is 4.90 Å². The Bertz CT molecular complexity index is 558. The first-order chi connectivity index (χ1) is 9.31. The lowest BCUT2D eigenvalue weighted by Crippen LogP contribution is -2.41. The van der Waals surface area contributed by atoms with Crippen molar-refractivity contribution in [2.24, 2.45) is 12.8 Å². The van der Waals surface area contributed by atoms with Crippen molar-refractivity contribution in [3.05, 3.63) is 36.0 Å². The second-order valence-corrected chi connectivity index (χ2v) is 5.11. The number of aromatic nitrogens is 1. The highest BCUT2D eigenvalue weighted by atomic mass is 16.5. The number of nitrogens with zero attached hydrogens (tertiary/aromatic N) is 2. The molecule has 4 heteroatoms. The fourth-order valence-corrected chi connectivity index (χ4v) is 3.00. The van der Waals surface area contributed by atoms with Crippen LogP contribution in [0.5, 0.6) is 0 Å². The van der Waals surface area contributed by atoms with Crippen LogP contribution in [0.1, 0.15) is 11.6 Å². The summed E-state index contributed by atoms with van der Waals surface area (Å²) in [6.07, 6.45) is 2.22. The molecule has 1 atom stereocenters. The minimum atomic E-state index is 0.287. The van der Waals surface area contributed by atoms with E-state index in [0.29, 0.717) is 6.54 Å². The van der Waals surface area contributed by atoms with Crippen molar-refractivity contribution in [2.45, 2.75) is 6.04 Å². The predicted octanol–water partition coefficient (Wildman–Crippen LogP) is 1.51. The number of para-hydroxylation sites is 1. The van der Waals surface area contributed by atoms with Gasteiger partial charge in [-0.05, 0) is 11.6 Å². The number of nitrogens with two attached hydrogens (primary N) is 1. The van der Waals surface area contributed by atoms with Crippen LogP contribution in [0.4, 0.5) is 0 Å². The molecule has 2 heterocycles. The minimum absolute atomic E-state index is 0.287. The molecule has 0 spiro atoms. The molecule has 1 fully saturated rings. The number of rotatable bonds is 3. The second-order valence-electron chi connectivity index (χ2n) is 5.11. The molecule has 0 aliphatic carbocycles.